The standard InChI is InChI=1S/C27H28/c1-2-27(14-5-6-15-27)19-20-16-23-10-7-11-25(26(23)17-20)24-13-12-21-8-3-4-9-22(21)18-24/h3-4,7-13,17-18H,2,5-6,14-16,19H2,1H3. The van der Waals surface area contributed by atoms with E-state index in [0.717, 1.165) is 6.42 Å². The lowest BCUT2D eigenvalue weighted by atomic mass is 9.77. The molecule has 0 nitrogen and oxygen atoms in total. The van der Waals surface area contributed by atoms with Crippen LogP contribution in [0, 0.1) is 5.41 Å². The molecule has 1 saturated carbocycles. The first-order valence-corrected chi connectivity index (χ1v) is 10.6. The zero-order valence-electron chi connectivity index (χ0n) is 16.3. The molecule has 136 valence electrons. The molecular weight excluding hydrogens is 324 g/mol. The van der Waals surface area contributed by atoms with Crippen molar-refractivity contribution in [2.45, 2.75) is 51.9 Å². The Hall–Kier alpha value is -2.34. The molecule has 0 heteroatoms. The fraction of sp³-hybridized carbons (Fsp3) is 0.333. The van der Waals surface area contributed by atoms with Crippen molar-refractivity contribution in [1.29, 1.82) is 0 Å². The predicted octanol–water partition coefficient (Wildman–Crippen LogP) is 7.81. The number of rotatable bonds is 4. The average Bonchev–Trinajstić information content (AvgIpc) is 3.34. The smallest absolute Gasteiger partial charge is 0.00574 e. The highest BCUT2D eigenvalue weighted by atomic mass is 14.4. The highest BCUT2D eigenvalue weighted by Crippen LogP contribution is 2.48. The summed E-state index contributed by atoms with van der Waals surface area (Å²) in [5.74, 6) is 0. The maximum Gasteiger partial charge on any atom is -0.00574 e. The van der Waals surface area contributed by atoms with Gasteiger partial charge in [-0.1, -0.05) is 92.4 Å². The molecule has 0 amide bonds. The van der Waals surface area contributed by atoms with E-state index in [4.69, 9.17) is 0 Å². The monoisotopic (exact) mass is 352 g/mol. The number of allylic oxidation sites excluding steroid dienone is 1. The maximum absolute atomic E-state index is 2.52. The highest BCUT2D eigenvalue weighted by molar-refractivity contribution is 5.90. The SMILES string of the molecule is CCC1(CC2=Cc3c(cccc3-c3ccc4ccccc4c3)C2)CCCC1. The average molecular weight is 353 g/mol. The summed E-state index contributed by atoms with van der Waals surface area (Å²) >= 11 is 0. The van der Waals surface area contributed by atoms with Gasteiger partial charge in [-0.25, -0.2) is 0 Å². The molecule has 0 saturated heterocycles. The van der Waals surface area contributed by atoms with Crippen molar-refractivity contribution in [3.8, 4) is 11.1 Å². The van der Waals surface area contributed by atoms with E-state index in [2.05, 4.69) is 73.7 Å². The third kappa shape index (κ3) is 3.02. The lowest BCUT2D eigenvalue weighted by Gasteiger charge is -2.28. The summed E-state index contributed by atoms with van der Waals surface area (Å²) in [6.45, 7) is 2.40. The maximum atomic E-state index is 2.52. The first kappa shape index (κ1) is 16.8. The number of benzene rings is 3. The van der Waals surface area contributed by atoms with Gasteiger partial charge in [0.2, 0.25) is 0 Å². The van der Waals surface area contributed by atoms with Crippen molar-refractivity contribution in [2.75, 3.05) is 0 Å². The van der Waals surface area contributed by atoms with Gasteiger partial charge >= 0.3 is 0 Å². The number of hydrogen-bond donors (Lipinski definition) is 0. The largest absolute Gasteiger partial charge is 0.0648 e. The van der Waals surface area contributed by atoms with Crippen LogP contribution >= 0.6 is 0 Å². The molecule has 0 unspecified atom stereocenters. The van der Waals surface area contributed by atoms with E-state index >= 15 is 0 Å². The van der Waals surface area contributed by atoms with Gasteiger partial charge in [-0.3, -0.25) is 0 Å². The molecule has 3 aromatic carbocycles. The quantitative estimate of drug-likeness (QED) is 0.449. The fourth-order valence-electron chi connectivity index (χ4n) is 5.42. The van der Waals surface area contributed by atoms with Crippen molar-refractivity contribution < 1.29 is 0 Å². The van der Waals surface area contributed by atoms with Crippen molar-refractivity contribution >= 4 is 16.8 Å². The Morgan fingerprint density at radius 1 is 0.852 bits per heavy atom. The van der Waals surface area contributed by atoms with Crippen molar-refractivity contribution in [3.63, 3.8) is 0 Å². The molecule has 0 bridgehead atoms. The van der Waals surface area contributed by atoms with Crippen LogP contribution in [0.2, 0.25) is 0 Å². The molecular formula is C27H28. The Bertz CT molecular complexity index is 1020. The molecule has 2 aliphatic carbocycles. The van der Waals surface area contributed by atoms with E-state index in [1.807, 2.05) is 0 Å². The van der Waals surface area contributed by atoms with E-state index in [1.54, 1.807) is 5.57 Å². The zero-order valence-corrected chi connectivity index (χ0v) is 16.3. The summed E-state index contributed by atoms with van der Waals surface area (Å²) < 4.78 is 0. The Labute approximate surface area is 162 Å². The number of fused-ring (bicyclic) bond motifs is 2. The Balaban J connectivity index is 1.52. The van der Waals surface area contributed by atoms with Gasteiger partial charge in [-0.05, 0) is 70.2 Å². The Morgan fingerprint density at radius 2 is 1.67 bits per heavy atom. The topological polar surface area (TPSA) is 0 Å². The van der Waals surface area contributed by atoms with Gasteiger partial charge in [-0.15, -0.1) is 0 Å². The molecule has 1 fully saturated rings. The van der Waals surface area contributed by atoms with Crippen LogP contribution in [0.25, 0.3) is 28.0 Å². The Kier molecular flexibility index (Phi) is 4.16. The normalized spacial score (nSPS) is 17.9. The molecule has 0 aliphatic heterocycles. The first-order chi connectivity index (χ1) is 13.3. The lowest BCUT2D eigenvalue weighted by molar-refractivity contribution is 0.281. The van der Waals surface area contributed by atoms with Crippen LogP contribution in [0.5, 0.6) is 0 Å². The molecule has 5 rings (SSSR count). The van der Waals surface area contributed by atoms with Gasteiger partial charge in [0, 0.05) is 0 Å². The van der Waals surface area contributed by atoms with Crippen molar-refractivity contribution in [3.05, 3.63) is 77.4 Å². The lowest BCUT2D eigenvalue weighted by Crippen LogP contribution is -2.15. The van der Waals surface area contributed by atoms with Crippen LogP contribution in [-0.4, -0.2) is 0 Å². The molecule has 0 atom stereocenters. The Morgan fingerprint density at radius 3 is 2.48 bits per heavy atom. The highest BCUT2D eigenvalue weighted by Gasteiger charge is 2.33. The van der Waals surface area contributed by atoms with E-state index < -0.39 is 0 Å². The second-order valence-corrected chi connectivity index (χ2v) is 8.66. The van der Waals surface area contributed by atoms with Crippen LogP contribution in [0.1, 0.15) is 56.6 Å². The first-order valence-electron chi connectivity index (χ1n) is 10.6. The van der Waals surface area contributed by atoms with E-state index in [1.165, 1.54) is 71.6 Å². The molecule has 0 heterocycles. The van der Waals surface area contributed by atoms with Gasteiger partial charge in [-0.2, -0.15) is 0 Å². The molecule has 3 aromatic rings. The van der Waals surface area contributed by atoms with E-state index in [-0.39, 0.29) is 0 Å². The third-order valence-electron chi connectivity index (χ3n) is 7.04. The van der Waals surface area contributed by atoms with Crippen LogP contribution in [0.3, 0.4) is 0 Å². The van der Waals surface area contributed by atoms with E-state index in [9.17, 15) is 0 Å². The summed E-state index contributed by atoms with van der Waals surface area (Å²) in [6, 6.07) is 22.4. The van der Waals surface area contributed by atoms with Crippen LogP contribution < -0.4 is 0 Å². The van der Waals surface area contributed by atoms with Gasteiger partial charge in [0.05, 0.1) is 0 Å². The zero-order chi connectivity index (χ0) is 18.3. The summed E-state index contributed by atoms with van der Waals surface area (Å²) in [5, 5.41) is 2.64. The van der Waals surface area contributed by atoms with Gasteiger partial charge in [0.1, 0.15) is 0 Å². The number of hydrogen-bond acceptors (Lipinski definition) is 0. The molecule has 27 heavy (non-hydrogen) atoms. The fourth-order valence-corrected chi connectivity index (χ4v) is 5.42. The summed E-state index contributed by atoms with van der Waals surface area (Å²) in [5.41, 5.74) is 7.95. The van der Waals surface area contributed by atoms with Crippen LogP contribution in [0.15, 0.2) is 66.2 Å². The van der Waals surface area contributed by atoms with Crippen LogP contribution in [0.4, 0.5) is 0 Å². The van der Waals surface area contributed by atoms with Gasteiger partial charge in [0.25, 0.3) is 0 Å². The molecule has 0 aromatic heterocycles. The predicted molar refractivity (Wildman–Crippen MR) is 117 cm³/mol. The van der Waals surface area contributed by atoms with Crippen molar-refractivity contribution in [2.24, 2.45) is 5.41 Å². The van der Waals surface area contributed by atoms with Gasteiger partial charge < -0.3 is 0 Å². The molecule has 0 N–H and O–H groups in total. The summed E-state index contributed by atoms with van der Waals surface area (Å²) in [7, 11) is 0. The second kappa shape index (κ2) is 6.68. The summed E-state index contributed by atoms with van der Waals surface area (Å²) in [4.78, 5) is 0. The van der Waals surface area contributed by atoms with Gasteiger partial charge in [0.15, 0.2) is 0 Å². The minimum atomic E-state index is 0.580. The second-order valence-electron chi connectivity index (χ2n) is 8.66. The molecule has 2 aliphatic rings. The summed E-state index contributed by atoms with van der Waals surface area (Å²) in [6.07, 6.45) is 12.0. The minimum absolute atomic E-state index is 0.580. The molecule has 0 radical (unpaired) electrons. The van der Waals surface area contributed by atoms with E-state index in [0.29, 0.717) is 5.41 Å². The molecule has 0 spiro atoms. The minimum Gasteiger partial charge on any atom is -0.0648 e. The third-order valence-corrected chi connectivity index (χ3v) is 7.04. The van der Waals surface area contributed by atoms with Crippen molar-refractivity contribution in [1.82, 2.24) is 0 Å². The van der Waals surface area contributed by atoms with Crippen LogP contribution in [-0.2, 0) is 6.42 Å².